The fraction of sp³-hybridized carbons (Fsp3) is 0.261. The summed E-state index contributed by atoms with van der Waals surface area (Å²) in [5.74, 6) is -0.778. The van der Waals surface area contributed by atoms with Gasteiger partial charge in [-0.15, -0.1) is 11.8 Å². The van der Waals surface area contributed by atoms with E-state index in [0.717, 1.165) is 21.8 Å². The minimum absolute atomic E-state index is 0.174. The lowest BCUT2D eigenvalue weighted by molar-refractivity contribution is -0.402. The van der Waals surface area contributed by atoms with Gasteiger partial charge in [-0.2, -0.15) is 0 Å². The Hall–Kier alpha value is -3.44. The highest BCUT2D eigenvalue weighted by molar-refractivity contribution is 7.98. The van der Waals surface area contributed by atoms with Crippen molar-refractivity contribution in [1.82, 2.24) is 4.57 Å². The summed E-state index contributed by atoms with van der Waals surface area (Å²) < 4.78 is 12.4. The maximum Gasteiger partial charge on any atom is 0.433 e. The molecule has 34 heavy (non-hydrogen) atoms. The van der Waals surface area contributed by atoms with Crippen LogP contribution in [0.2, 0.25) is 0 Å². The number of thioether (sulfide) groups is 1. The van der Waals surface area contributed by atoms with E-state index < -0.39 is 22.8 Å². The van der Waals surface area contributed by atoms with E-state index in [1.807, 2.05) is 30.5 Å². The number of ether oxygens (including phenoxy) is 1. The highest BCUT2D eigenvalue weighted by Crippen LogP contribution is 2.32. The second kappa shape index (κ2) is 9.43. The summed E-state index contributed by atoms with van der Waals surface area (Å²) in [5, 5.41) is 10.9. The summed E-state index contributed by atoms with van der Waals surface area (Å²) in [5.41, 5.74) is 1.11. The Morgan fingerprint density at radius 1 is 1.29 bits per heavy atom. The number of esters is 1. The number of nitro groups is 1. The standard InChI is InChI=1S/C23H21N3O6S2/c1-12(2)31-22(28)19-13(3)24-23-25(20(19)14-5-8-16(33-4)9-6-14)21(27)17(34-23)11-15-7-10-18(32-15)26(29)30/h5-12,20H,1-4H3/b17-11-. The third-order valence-corrected chi connectivity index (χ3v) is 6.81. The zero-order valence-corrected chi connectivity index (χ0v) is 20.4. The Morgan fingerprint density at radius 2 is 2.00 bits per heavy atom. The molecule has 176 valence electrons. The van der Waals surface area contributed by atoms with Crippen LogP contribution in [0.1, 0.15) is 38.1 Å². The first-order valence-corrected chi connectivity index (χ1v) is 12.4. The third kappa shape index (κ3) is 4.48. The molecule has 0 saturated carbocycles. The molecule has 1 aliphatic heterocycles. The van der Waals surface area contributed by atoms with E-state index in [-0.39, 0.29) is 27.5 Å². The Kier molecular flexibility index (Phi) is 6.58. The molecule has 4 rings (SSSR count). The van der Waals surface area contributed by atoms with Crippen LogP contribution in [0.15, 0.2) is 66.8 Å². The fourth-order valence-electron chi connectivity index (χ4n) is 3.61. The molecule has 9 nitrogen and oxygen atoms in total. The first kappa shape index (κ1) is 23.7. The number of aromatic nitrogens is 1. The maximum absolute atomic E-state index is 13.5. The fourth-order valence-corrected chi connectivity index (χ4v) is 5.04. The number of rotatable bonds is 6. The number of nitrogens with zero attached hydrogens (tertiary/aromatic N) is 3. The molecule has 1 aliphatic rings. The average molecular weight is 500 g/mol. The zero-order chi connectivity index (χ0) is 24.6. The van der Waals surface area contributed by atoms with Crippen molar-refractivity contribution < 1.29 is 18.9 Å². The number of hydrogen-bond donors (Lipinski definition) is 0. The largest absolute Gasteiger partial charge is 0.459 e. The van der Waals surface area contributed by atoms with Gasteiger partial charge in [0.25, 0.3) is 5.56 Å². The molecule has 0 spiro atoms. The van der Waals surface area contributed by atoms with Crippen molar-refractivity contribution in [3.8, 4) is 0 Å². The van der Waals surface area contributed by atoms with E-state index >= 15 is 0 Å². The van der Waals surface area contributed by atoms with E-state index in [1.165, 1.54) is 22.8 Å². The molecule has 0 amide bonds. The lowest BCUT2D eigenvalue weighted by Crippen LogP contribution is -2.40. The Bertz CT molecular complexity index is 1480. The zero-order valence-electron chi connectivity index (χ0n) is 18.8. The molecule has 1 aromatic carbocycles. The van der Waals surface area contributed by atoms with Crippen molar-refractivity contribution >= 4 is 41.0 Å². The number of carbonyl (C=O) groups is 1. The molecule has 11 heteroatoms. The summed E-state index contributed by atoms with van der Waals surface area (Å²) in [4.78, 5) is 42.8. The number of furan rings is 1. The van der Waals surface area contributed by atoms with Gasteiger partial charge in [-0.1, -0.05) is 23.5 Å². The van der Waals surface area contributed by atoms with Crippen molar-refractivity contribution in [2.75, 3.05) is 6.26 Å². The topological polar surface area (TPSA) is 117 Å². The van der Waals surface area contributed by atoms with Crippen molar-refractivity contribution in [1.29, 1.82) is 0 Å². The van der Waals surface area contributed by atoms with Crippen molar-refractivity contribution in [3.63, 3.8) is 0 Å². The highest BCUT2D eigenvalue weighted by Gasteiger charge is 2.33. The predicted molar refractivity (Wildman–Crippen MR) is 129 cm³/mol. The summed E-state index contributed by atoms with van der Waals surface area (Å²) in [6.07, 6.45) is 3.06. The van der Waals surface area contributed by atoms with E-state index in [1.54, 1.807) is 32.5 Å². The van der Waals surface area contributed by atoms with Gasteiger partial charge in [0.15, 0.2) is 4.80 Å². The van der Waals surface area contributed by atoms with Gasteiger partial charge in [-0.25, -0.2) is 9.79 Å². The van der Waals surface area contributed by atoms with Crippen molar-refractivity contribution in [2.45, 2.75) is 37.8 Å². The molecule has 1 unspecified atom stereocenters. The van der Waals surface area contributed by atoms with E-state index in [2.05, 4.69) is 4.99 Å². The van der Waals surface area contributed by atoms with Gasteiger partial charge < -0.3 is 9.15 Å². The molecule has 0 fully saturated rings. The second-order valence-corrected chi connectivity index (χ2v) is 9.63. The van der Waals surface area contributed by atoms with Gasteiger partial charge in [-0.3, -0.25) is 19.5 Å². The molecular weight excluding hydrogens is 478 g/mol. The molecule has 2 aromatic heterocycles. The van der Waals surface area contributed by atoms with Crippen LogP contribution in [0.5, 0.6) is 0 Å². The molecule has 0 radical (unpaired) electrons. The minimum atomic E-state index is -0.730. The van der Waals surface area contributed by atoms with Gasteiger partial charge >= 0.3 is 11.9 Å². The highest BCUT2D eigenvalue weighted by atomic mass is 32.2. The lowest BCUT2D eigenvalue weighted by atomic mass is 9.96. The second-order valence-electron chi connectivity index (χ2n) is 7.74. The molecule has 3 heterocycles. The summed E-state index contributed by atoms with van der Waals surface area (Å²) in [6, 6.07) is 9.54. The number of thiazole rings is 1. The average Bonchev–Trinajstić information content (AvgIpc) is 3.37. The smallest absolute Gasteiger partial charge is 0.433 e. The van der Waals surface area contributed by atoms with E-state index in [4.69, 9.17) is 9.15 Å². The molecule has 0 saturated heterocycles. The third-order valence-electron chi connectivity index (χ3n) is 5.08. The van der Waals surface area contributed by atoms with Crippen LogP contribution in [-0.2, 0) is 9.53 Å². The number of benzene rings is 1. The molecule has 0 aliphatic carbocycles. The number of carbonyl (C=O) groups excluding carboxylic acids is 1. The molecule has 1 atom stereocenters. The van der Waals surface area contributed by atoms with Crippen molar-refractivity contribution in [2.24, 2.45) is 4.99 Å². The van der Waals surface area contributed by atoms with Gasteiger partial charge in [0, 0.05) is 11.0 Å². The Balaban J connectivity index is 1.91. The SMILES string of the molecule is CSc1ccc(C2C(C(=O)OC(C)C)=C(C)N=c3s/c(=C\c4ccc([N+](=O)[O-])o4)c(=O)n32)cc1. The number of hydrogen-bond acceptors (Lipinski definition) is 9. The van der Waals surface area contributed by atoms with Crippen LogP contribution in [-0.4, -0.2) is 27.8 Å². The van der Waals surface area contributed by atoms with Crippen LogP contribution >= 0.6 is 23.1 Å². The first-order valence-electron chi connectivity index (χ1n) is 10.3. The van der Waals surface area contributed by atoms with Crippen LogP contribution in [0.4, 0.5) is 5.88 Å². The van der Waals surface area contributed by atoms with Crippen LogP contribution < -0.4 is 14.9 Å². The summed E-state index contributed by atoms with van der Waals surface area (Å²) in [6.45, 7) is 5.23. The minimum Gasteiger partial charge on any atom is -0.459 e. The van der Waals surface area contributed by atoms with E-state index in [0.29, 0.717) is 10.5 Å². The lowest BCUT2D eigenvalue weighted by Gasteiger charge is -2.25. The predicted octanol–water partition coefficient (Wildman–Crippen LogP) is 3.41. The quantitative estimate of drug-likeness (QED) is 0.221. The normalized spacial score (nSPS) is 15.9. The number of fused-ring (bicyclic) bond motifs is 1. The monoisotopic (exact) mass is 499 g/mol. The Labute approximate surface area is 202 Å². The summed E-state index contributed by atoms with van der Waals surface area (Å²) >= 11 is 2.71. The van der Waals surface area contributed by atoms with Crippen molar-refractivity contribution in [3.05, 3.63) is 88.8 Å². The van der Waals surface area contributed by atoms with E-state index in [9.17, 15) is 19.7 Å². The van der Waals surface area contributed by atoms with Gasteiger partial charge in [0.05, 0.1) is 34.0 Å². The van der Waals surface area contributed by atoms with Gasteiger partial charge in [0.2, 0.25) is 0 Å². The number of allylic oxidation sites excluding steroid dienone is 1. The van der Waals surface area contributed by atoms with Gasteiger partial charge in [-0.05, 0) is 50.8 Å². The van der Waals surface area contributed by atoms with Gasteiger partial charge in [0.1, 0.15) is 10.7 Å². The van der Waals surface area contributed by atoms with Crippen LogP contribution in [0, 0.1) is 10.1 Å². The summed E-state index contributed by atoms with van der Waals surface area (Å²) in [7, 11) is 0. The van der Waals surface area contributed by atoms with Crippen LogP contribution in [0.25, 0.3) is 6.08 Å². The molecule has 3 aromatic rings. The first-order chi connectivity index (χ1) is 16.2. The maximum atomic E-state index is 13.5. The van der Waals surface area contributed by atoms with Crippen LogP contribution in [0.3, 0.4) is 0 Å². The molecule has 0 N–H and O–H groups in total. The Morgan fingerprint density at radius 3 is 2.59 bits per heavy atom. The molecule has 0 bridgehead atoms. The molecular formula is C23H21N3O6S2.